The zero-order valence-corrected chi connectivity index (χ0v) is 19.8. The van der Waals surface area contributed by atoms with Gasteiger partial charge in [0.05, 0.1) is 34.1 Å². The number of aromatic nitrogens is 2. The molecule has 2 atom stereocenters. The van der Waals surface area contributed by atoms with E-state index in [4.69, 9.17) is 11.6 Å². The van der Waals surface area contributed by atoms with Gasteiger partial charge in [-0.2, -0.15) is 0 Å². The Hall–Kier alpha value is -3.51. The zero-order valence-electron chi connectivity index (χ0n) is 19.0. The molecule has 2 heterocycles. The number of aliphatic hydroxyl groups excluding tert-OH is 1. The Morgan fingerprint density at radius 2 is 2.20 bits per heavy atom. The van der Waals surface area contributed by atoms with Crippen LogP contribution < -0.4 is 10.6 Å². The minimum absolute atomic E-state index is 0.0117. The maximum absolute atomic E-state index is 14.5. The fourth-order valence-corrected chi connectivity index (χ4v) is 4.72. The summed E-state index contributed by atoms with van der Waals surface area (Å²) in [5.41, 5.74) is 1.75. The molecule has 9 heteroatoms. The average Bonchev–Trinajstić information content (AvgIpc) is 3.40. The SMILES string of the molecule is C=C(CO)C(=O)Nc1cc2c(Nc3cccc(Cl)c3F)ncnc2cc1C#C[C@@]12C[C@@H]1CN(C)C2. The molecule has 1 saturated heterocycles. The molecule has 2 aromatic carbocycles. The standard InChI is InChI=1S/C26H23ClFN5O2/c1-15(12-34)25(35)32-21-9-18-22(8-16(21)6-7-26-10-17(26)11-33(2)13-26)29-14-30-24(18)31-20-5-3-4-19(27)23(20)28/h3-5,8-9,14,17,34H,1,10-13H2,2H3,(H,32,35)(H,29,30,31)/t17-,26+/m1/s1. The van der Waals surface area contributed by atoms with Crippen molar-refractivity contribution in [2.45, 2.75) is 6.42 Å². The molecule has 3 aromatic rings. The highest BCUT2D eigenvalue weighted by Gasteiger charge is 2.58. The number of nitrogens with one attached hydrogen (secondary N) is 2. The summed E-state index contributed by atoms with van der Waals surface area (Å²) < 4.78 is 14.5. The summed E-state index contributed by atoms with van der Waals surface area (Å²) in [7, 11) is 2.09. The fourth-order valence-electron chi connectivity index (χ4n) is 4.54. The number of rotatable bonds is 5. The van der Waals surface area contributed by atoms with Crippen LogP contribution in [0.25, 0.3) is 10.9 Å². The van der Waals surface area contributed by atoms with Gasteiger partial charge in [0.2, 0.25) is 0 Å². The number of amides is 1. The topological polar surface area (TPSA) is 90.4 Å². The molecular weight excluding hydrogens is 469 g/mol. The number of carbonyl (C=O) groups is 1. The molecule has 0 radical (unpaired) electrons. The van der Waals surface area contributed by atoms with Crippen LogP contribution in [0.15, 0.2) is 48.8 Å². The van der Waals surface area contributed by atoms with Crippen molar-refractivity contribution in [3.63, 3.8) is 0 Å². The molecule has 178 valence electrons. The number of halogens is 2. The number of hydrogen-bond acceptors (Lipinski definition) is 6. The van der Waals surface area contributed by atoms with Gasteiger partial charge in [-0.1, -0.05) is 36.1 Å². The van der Waals surface area contributed by atoms with Gasteiger partial charge < -0.3 is 20.6 Å². The number of benzene rings is 2. The number of nitrogens with zero attached hydrogens (tertiary/aromatic N) is 3. The zero-order chi connectivity index (χ0) is 24.7. The van der Waals surface area contributed by atoms with Crippen LogP contribution in [0.4, 0.5) is 21.6 Å². The quantitative estimate of drug-likeness (QED) is 0.370. The molecule has 5 rings (SSSR count). The summed E-state index contributed by atoms with van der Waals surface area (Å²) in [6, 6.07) is 8.09. The molecule has 2 fully saturated rings. The first kappa shape index (κ1) is 23.2. The molecule has 1 aliphatic carbocycles. The molecule has 1 aromatic heterocycles. The lowest BCUT2D eigenvalue weighted by Crippen LogP contribution is -2.19. The Labute approximate surface area is 207 Å². The van der Waals surface area contributed by atoms with Crippen molar-refractivity contribution in [3.05, 3.63) is 65.2 Å². The van der Waals surface area contributed by atoms with Crippen LogP contribution in [0.3, 0.4) is 0 Å². The second-order valence-electron chi connectivity index (χ2n) is 9.08. The maximum Gasteiger partial charge on any atom is 0.253 e. The number of fused-ring (bicyclic) bond motifs is 2. The van der Waals surface area contributed by atoms with Crippen molar-refractivity contribution in [2.75, 3.05) is 37.4 Å². The van der Waals surface area contributed by atoms with Crippen molar-refractivity contribution in [1.82, 2.24) is 14.9 Å². The highest BCUT2D eigenvalue weighted by Crippen LogP contribution is 2.56. The smallest absolute Gasteiger partial charge is 0.253 e. The van der Waals surface area contributed by atoms with Crippen LogP contribution in [0, 0.1) is 29.0 Å². The third kappa shape index (κ3) is 4.46. The monoisotopic (exact) mass is 491 g/mol. The van der Waals surface area contributed by atoms with E-state index >= 15 is 0 Å². The summed E-state index contributed by atoms with van der Waals surface area (Å²) in [4.78, 5) is 23.4. The lowest BCUT2D eigenvalue weighted by Gasteiger charge is -2.14. The Balaban J connectivity index is 1.57. The number of piperidine rings is 1. The summed E-state index contributed by atoms with van der Waals surface area (Å²) in [5, 5.41) is 15.6. The molecule has 0 unspecified atom stereocenters. The number of hydrogen-bond donors (Lipinski definition) is 3. The molecule has 1 aliphatic heterocycles. The number of carbonyl (C=O) groups excluding carboxylic acids is 1. The molecule has 0 bridgehead atoms. The Morgan fingerprint density at radius 1 is 1.37 bits per heavy atom. The highest BCUT2D eigenvalue weighted by atomic mass is 35.5. The first-order valence-electron chi connectivity index (χ1n) is 11.1. The van der Waals surface area contributed by atoms with Gasteiger partial charge in [-0.15, -0.1) is 0 Å². The molecular formula is C26H23ClFN5O2. The van der Waals surface area contributed by atoms with E-state index in [1.54, 1.807) is 24.3 Å². The van der Waals surface area contributed by atoms with Gasteiger partial charge in [-0.25, -0.2) is 14.4 Å². The Kier molecular flexibility index (Phi) is 5.93. The van der Waals surface area contributed by atoms with E-state index in [-0.39, 0.29) is 21.7 Å². The normalized spacial score (nSPS) is 20.6. The highest BCUT2D eigenvalue weighted by molar-refractivity contribution is 6.31. The number of anilines is 3. The predicted molar refractivity (Wildman–Crippen MR) is 134 cm³/mol. The van der Waals surface area contributed by atoms with Crippen molar-refractivity contribution >= 4 is 45.6 Å². The van der Waals surface area contributed by atoms with Gasteiger partial charge in [-0.05, 0) is 43.7 Å². The number of likely N-dealkylation sites (tertiary alicyclic amines) is 1. The molecule has 1 saturated carbocycles. The second-order valence-corrected chi connectivity index (χ2v) is 9.49. The Bertz CT molecular complexity index is 1430. The van der Waals surface area contributed by atoms with E-state index in [0.717, 1.165) is 19.5 Å². The van der Waals surface area contributed by atoms with Gasteiger partial charge in [0.1, 0.15) is 12.1 Å². The van der Waals surface area contributed by atoms with E-state index in [2.05, 4.69) is 51.0 Å². The van der Waals surface area contributed by atoms with Crippen LogP contribution in [0.1, 0.15) is 12.0 Å². The first-order chi connectivity index (χ1) is 16.8. The van der Waals surface area contributed by atoms with E-state index in [9.17, 15) is 14.3 Å². The number of aliphatic hydroxyl groups is 1. The lowest BCUT2D eigenvalue weighted by molar-refractivity contribution is -0.113. The van der Waals surface area contributed by atoms with Crippen LogP contribution in [-0.4, -0.2) is 52.6 Å². The summed E-state index contributed by atoms with van der Waals surface area (Å²) in [5.74, 6) is 6.47. The minimum Gasteiger partial charge on any atom is -0.391 e. The van der Waals surface area contributed by atoms with Crippen molar-refractivity contribution in [2.24, 2.45) is 11.3 Å². The predicted octanol–water partition coefficient (Wildman–Crippen LogP) is 3.96. The largest absolute Gasteiger partial charge is 0.391 e. The molecule has 2 aliphatic rings. The third-order valence-electron chi connectivity index (χ3n) is 6.50. The summed E-state index contributed by atoms with van der Waals surface area (Å²) in [6.45, 7) is 5.08. The average molecular weight is 492 g/mol. The van der Waals surface area contributed by atoms with Gasteiger partial charge in [-0.3, -0.25) is 4.79 Å². The first-order valence-corrected chi connectivity index (χ1v) is 11.5. The molecule has 7 nitrogen and oxygen atoms in total. The van der Waals surface area contributed by atoms with Gasteiger partial charge in [0.25, 0.3) is 5.91 Å². The molecule has 0 spiro atoms. The van der Waals surface area contributed by atoms with Crippen molar-refractivity contribution < 1.29 is 14.3 Å². The van der Waals surface area contributed by atoms with Crippen LogP contribution in [0.2, 0.25) is 5.02 Å². The van der Waals surface area contributed by atoms with Gasteiger partial charge >= 0.3 is 0 Å². The third-order valence-corrected chi connectivity index (χ3v) is 6.79. The molecule has 1 amide bonds. The van der Waals surface area contributed by atoms with E-state index in [1.807, 2.05) is 0 Å². The second kappa shape index (κ2) is 8.93. The van der Waals surface area contributed by atoms with Gasteiger partial charge in [0, 0.05) is 29.5 Å². The minimum atomic E-state index is -0.601. The van der Waals surface area contributed by atoms with E-state index in [1.165, 1.54) is 12.4 Å². The lowest BCUT2D eigenvalue weighted by atomic mass is 10.0. The molecule has 35 heavy (non-hydrogen) atoms. The van der Waals surface area contributed by atoms with Gasteiger partial charge in [0.15, 0.2) is 5.82 Å². The fraction of sp³-hybridized carbons (Fsp3) is 0.269. The molecule has 3 N–H and O–H groups in total. The van der Waals surface area contributed by atoms with Crippen molar-refractivity contribution in [3.8, 4) is 11.8 Å². The maximum atomic E-state index is 14.5. The van der Waals surface area contributed by atoms with Crippen LogP contribution >= 0.6 is 11.6 Å². The van der Waals surface area contributed by atoms with Crippen LogP contribution in [-0.2, 0) is 4.79 Å². The van der Waals surface area contributed by atoms with E-state index in [0.29, 0.717) is 33.9 Å². The van der Waals surface area contributed by atoms with Crippen molar-refractivity contribution in [1.29, 1.82) is 0 Å². The summed E-state index contributed by atoms with van der Waals surface area (Å²) in [6.07, 6.45) is 2.44. The van der Waals surface area contributed by atoms with Crippen LogP contribution in [0.5, 0.6) is 0 Å². The summed E-state index contributed by atoms with van der Waals surface area (Å²) >= 11 is 5.92. The van der Waals surface area contributed by atoms with E-state index < -0.39 is 18.3 Å². The Morgan fingerprint density at radius 3 is 2.94 bits per heavy atom.